The molecule has 0 saturated carbocycles. The largest absolute Gasteiger partial charge is 0.484 e. The van der Waals surface area contributed by atoms with Gasteiger partial charge >= 0.3 is 5.97 Å². The maximum absolute atomic E-state index is 12.9. The number of benzene rings is 2. The zero-order chi connectivity index (χ0) is 24.8. The predicted octanol–water partition coefficient (Wildman–Crippen LogP) is 3.62. The van der Waals surface area contributed by atoms with Gasteiger partial charge in [-0.2, -0.15) is 9.61 Å². The number of rotatable bonds is 9. The molecule has 2 aromatic carbocycles. The number of hydrogen-bond donors (Lipinski definition) is 1. The van der Waals surface area contributed by atoms with Crippen LogP contribution in [-0.4, -0.2) is 33.1 Å². The van der Waals surface area contributed by atoms with Gasteiger partial charge in [0.25, 0.3) is 11.5 Å². The van der Waals surface area contributed by atoms with E-state index in [1.54, 1.807) is 12.1 Å². The third-order valence-electron chi connectivity index (χ3n) is 4.74. The molecule has 11 heteroatoms. The standard InChI is InChI=1S/C24H21FN4O5S/c1-2-3-21-28-29-22(31)12-18(27-24(29)35-21)13-34-23(32)15-4-8-17(9-5-15)26-20(30)14-33-19-10-6-16(25)7-11-19/h4-12H,2-3,13-14H2,1H3,(H,26,30). The van der Waals surface area contributed by atoms with E-state index < -0.39 is 17.7 Å². The van der Waals surface area contributed by atoms with Crippen LogP contribution < -0.4 is 15.6 Å². The van der Waals surface area contributed by atoms with E-state index in [1.807, 2.05) is 6.92 Å². The van der Waals surface area contributed by atoms with Crippen LogP contribution in [0.15, 0.2) is 59.4 Å². The van der Waals surface area contributed by atoms with Gasteiger partial charge in [-0.25, -0.2) is 14.2 Å². The fraction of sp³-hybridized carbons (Fsp3) is 0.208. The third kappa shape index (κ3) is 6.27. The number of carbonyl (C=O) groups is 2. The van der Waals surface area contributed by atoms with Crippen LogP contribution in [0.3, 0.4) is 0 Å². The first kappa shape index (κ1) is 24.0. The van der Waals surface area contributed by atoms with E-state index >= 15 is 0 Å². The highest BCUT2D eigenvalue weighted by atomic mass is 32.1. The minimum Gasteiger partial charge on any atom is -0.484 e. The number of amides is 1. The summed E-state index contributed by atoms with van der Waals surface area (Å²) in [5.74, 6) is -1.04. The summed E-state index contributed by atoms with van der Waals surface area (Å²) >= 11 is 1.33. The highest BCUT2D eigenvalue weighted by Gasteiger charge is 2.12. The summed E-state index contributed by atoms with van der Waals surface area (Å²) in [6.45, 7) is 1.61. The number of carbonyl (C=O) groups excluding carboxylic acids is 2. The van der Waals surface area contributed by atoms with Gasteiger partial charge in [0.2, 0.25) is 4.96 Å². The molecule has 180 valence electrons. The number of aromatic nitrogens is 3. The van der Waals surface area contributed by atoms with E-state index in [-0.39, 0.29) is 24.3 Å². The normalized spacial score (nSPS) is 10.8. The fourth-order valence-electron chi connectivity index (χ4n) is 3.07. The lowest BCUT2D eigenvalue weighted by Gasteiger charge is -2.08. The number of fused-ring (bicyclic) bond motifs is 1. The molecular weight excluding hydrogens is 475 g/mol. The second-order valence-corrected chi connectivity index (χ2v) is 8.51. The molecule has 0 aliphatic carbocycles. The molecule has 1 amide bonds. The van der Waals surface area contributed by atoms with Gasteiger partial charge in [0.15, 0.2) is 6.61 Å². The summed E-state index contributed by atoms with van der Waals surface area (Å²) in [6.07, 6.45) is 1.67. The zero-order valence-corrected chi connectivity index (χ0v) is 19.5. The lowest BCUT2D eigenvalue weighted by atomic mass is 10.2. The highest BCUT2D eigenvalue weighted by Crippen LogP contribution is 2.15. The van der Waals surface area contributed by atoms with Crippen LogP contribution in [0.25, 0.3) is 4.96 Å². The van der Waals surface area contributed by atoms with Crippen molar-refractivity contribution < 1.29 is 23.5 Å². The van der Waals surface area contributed by atoms with Crippen molar-refractivity contribution in [1.29, 1.82) is 0 Å². The lowest BCUT2D eigenvalue weighted by Crippen LogP contribution is -2.20. The smallest absolute Gasteiger partial charge is 0.338 e. The molecule has 4 aromatic rings. The number of nitrogens with zero attached hydrogens (tertiary/aromatic N) is 3. The molecule has 0 radical (unpaired) electrons. The Kier molecular flexibility index (Phi) is 7.46. The van der Waals surface area contributed by atoms with Crippen molar-refractivity contribution in [1.82, 2.24) is 14.6 Å². The summed E-state index contributed by atoms with van der Waals surface area (Å²) in [5, 5.41) is 7.71. The maximum atomic E-state index is 12.9. The quantitative estimate of drug-likeness (QED) is 0.352. The van der Waals surface area contributed by atoms with Crippen LogP contribution >= 0.6 is 11.3 Å². The van der Waals surface area contributed by atoms with Crippen molar-refractivity contribution in [3.8, 4) is 5.75 Å². The van der Waals surface area contributed by atoms with Crippen molar-refractivity contribution in [2.75, 3.05) is 11.9 Å². The molecule has 0 spiro atoms. The monoisotopic (exact) mass is 496 g/mol. The Hall–Kier alpha value is -4.12. The second kappa shape index (κ2) is 10.9. The highest BCUT2D eigenvalue weighted by molar-refractivity contribution is 7.16. The number of anilines is 1. The van der Waals surface area contributed by atoms with Gasteiger partial charge in [-0.15, -0.1) is 0 Å². The molecule has 1 N–H and O–H groups in total. The molecule has 0 saturated heterocycles. The van der Waals surface area contributed by atoms with E-state index in [4.69, 9.17) is 9.47 Å². The average molecular weight is 497 g/mol. The van der Waals surface area contributed by atoms with E-state index in [0.29, 0.717) is 22.1 Å². The average Bonchev–Trinajstić information content (AvgIpc) is 3.26. The van der Waals surface area contributed by atoms with Gasteiger partial charge in [-0.3, -0.25) is 9.59 Å². The summed E-state index contributed by atoms with van der Waals surface area (Å²) < 4.78 is 24.7. The Balaban J connectivity index is 1.30. The van der Waals surface area contributed by atoms with Crippen molar-refractivity contribution in [2.45, 2.75) is 26.4 Å². The molecule has 2 aromatic heterocycles. The second-order valence-electron chi connectivity index (χ2n) is 7.47. The van der Waals surface area contributed by atoms with E-state index in [1.165, 1.54) is 58.3 Å². The molecule has 0 fully saturated rings. The van der Waals surface area contributed by atoms with Crippen molar-refractivity contribution in [3.63, 3.8) is 0 Å². The first-order valence-corrected chi connectivity index (χ1v) is 11.6. The first-order chi connectivity index (χ1) is 16.9. The van der Waals surface area contributed by atoms with Gasteiger partial charge in [0, 0.05) is 18.2 Å². The summed E-state index contributed by atoms with van der Waals surface area (Å²) in [4.78, 5) is 41.5. The molecule has 0 unspecified atom stereocenters. The van der Waals surface area contributed by atoms with Crippen LogP contribution in [0.5, 0.6) is 5.75 Å². The Morgan fingerprint density at radius 1 is 1.11 bits per heavy atom. The number of aryl methyl sites for hydroxylation is 1. The molecule has 0 aliphatic heterocycles. The third-order valence-corrected chi connectivity index (χ3v) is 5.71. The van der Waals surface area contributed by atoms with Crippen LogP contribution in [0.2, 0.25) is 0 Å². The number of nitrogens with one attached hydrogen (secondary N) is 1. The van der Waals surface area contributed by atoms with Crippen LogP contribution in [0.1, 0.15) is 34.4 Å². The topological polar surface area (TPSA) is 112 Å². The van der Waals surface area contributed by atoms with E-state index in [2.05, 4.69) is 15.4 Å². The van der Waals surface area contributed by atoms with Gasteiger partial charge in [0.05, 0.1) is 11.3 Å². The zero-order valence-electron chi connectivity index (χ0n) is 18.7. The molecular formula is C24H21FN4O5S. The maximum Gasteiger partial charge on any atom is 0.338 e. The van der Waals surface area contributed by atoms with Crippen molar-refractivity contribution in [2.24, 2.45) is 0 Å². The van der Waals surface area contributed by atoms with Crippen LogP contribution in [0, 0.1) is 5.82 Å². The molecule has 0 bridgehead atoms. The number of esters is 1. The molecule has 35 heavy (non-hydrogen) atoms. The summed E-state index contributed by atoms with van der Waals surface area (Å²) in [6, 6.07) is 12.7. The SMILES string of the molecule is CCCc1nn2c(=O)cc(COC(=O)c3ccc(NC(=O)COc4ccc(F)cc4)cc3)nc2s1. The Morgan fingerprint density at radius 3 is 2.57 bits per heavy atom. The molecule has 0 atom stereocenters. The Morgan fingerprint density at radius 2 is 1.86 bits per heavy atom. The fourth-order valence-corrected chi connectivity index (χ4v) is 4.09. The molecule has 0 aliphatic rings. The number of hydrogen-bond acceptors (Lipinski definition) is 8. The Bertz CT molecular complexity index is 1400. The van der Waals surface area contributed by atoms with Crippen molar-refractivity contribution >= 4 is 33.9 Å². The van der Waals surface area contributed by atoms with E-state index in [9.17, 15) is 18.8 Å². The van der Waals surface area contributed by atoms with Gasteiger partial charge < -0.3 is 14.8 Å². The molecule has 9 nitrogen and oxygen atoms in total. The van der Waals surface area contributed by atoms with Gasteiger partial charge in [0.1, 0.15) is 23.2 Å². The van der Waals surface area contributed by atoms with Gasteiger partial charge in [-0.1, -0.05) is 18.3 Å². The van der Waals surface area contributed by atoms with Gasteiger partial charge in [-0.05, 0) is 55.0 Å². The van der Waals surface area contributed by atoms with Crippen molar-refractivity contribution in [3.05, 3.63) is 87.0 Å². The first-order valence-electron chi connectivity index (χ1n) is 10.8. The molecule has 4 rings (SSSR count). The van der Waals surface area contributed by atoms with Crippen LogP contribution in [0.4, 0.5) is 10.1 Å². The van der Waals surface area contributed by atoms with E-state index in [0.717, 1.165) is 17.8 Å². The Labute approximate surface area is 203 Å². The number of ether oxygens (including phenoxy) is 2. The van der Waals surface area contributed by atoms with Crippen LogP contribution in [-0.2, 0) is 22.6 Å². The minimum absolute atomic E-state index is 0.162. The predicted molar refractivity (Wildman–Crippen MR) is 127 cm³/mol. The minimum atomic E-state index is -0.597. The lowest BCUT2D eigenvalue weighted by molar-refractivity contribution is -0.118. The summed E-state index contributed by atoms with van der Waals surface area (Å²) in [7, 11) is 0. The molecule has 2 heterocycles. The number of halogens is 1. The summed E-state index contributed by atoms with van der Waals surface area (Å²) in [5.41, 5.74) is 0.733.